The molecule has 1 heterocycles. The van der Waals surface area contributed by atoms with Gasteiger partial charge in [0, 0.05) is 12.6 Å². The summed E-state index contributed by atoms with van der Waals surface area (Å²) in [6, 6.07) is 6.01. The topological polar surface area (TPSA) is 56.2 Å². The Morgan fingerprint density at radius 3 is 3.05 bits per heavy atom. The van der Waals surface area contributed by atoms with E-state index in [4.69, 9.17) is 4.74 Å². The average molecular weight is 289 g/mol. The Balaban J connectivity index is 1.64. The van der Waals surface area contributed by atoms with Crippen LogP contribution < -0.4 is 10.1 Å². The highest BCUT2D eigenvalue weighted by Gasteiger charge is 2.22. The summed E-state index contributed by atoms with van der Waals surface area (Å²) in [4.78, 5) is 11.9. The minimum atomic E-state index is -0.480. The van der Waals surface area contributed by atoms with Gasteiger partial charge in [0.1, 0.15) is 5.82 Å². The van der Waals surface area contributed by atoms with Gasteiger partial charge in [0.2, 0.25) is 0 Å². The van der Waals surface area contributed by atoms with Crippen LogP contribution in [0, 0.1) is 5.82 Å². The van der Waals surface area contributed by atoms with E-state index in [0.29, 0.717) is 5.82 Å². The number of halogens is 1. The predicted molar refractivity (Wildman–Crippen MR) is 75.8 cm³/mol. The molecule has 0 saturated carbocycles. The van der Waals surface area contributed by atoms with Crippen molar-refractivity contribution in [2.24, 2.45) is 7.05 Å². The number of carbonyl (C=O) groups is 1. The molecule has 21 heavy (non-hydrogen) atoms. The first kappa shape index (κ1) is 13.6. The first-order valence-electron chi connectivity index (χ1n) is 6.87. The van der Waals surface area contributed by atoms with Crippen LogP contribution in [-0.4, -0.2) is 22.3 Å². The molecule has 5 nitrogen and oxygen atoms in total. The number of hydrogen-bond donors (Lipinski definition) is 1. The number of anilines is 1. The summed E-state index contributed by atoms with van der Waals surface area (Å²) >= 11 is 0. The number of nitrogens with zero attached hydrogens (tertiary/aromatic N) is 2. The molecule has 0 bridgehead atoms. The summed E-state index contributed by atoms with van der Waals surface area (Å²) in [6.07, 6.45) is 2.94. The second kappa shape index (κ2) is 5.55. The Morgan fingerprint density at radius 2 is 2.24 bits per heavy atom. The maximum atomic E-state index is 13.4. The van der Waals surface area contributed by atoms with Crippen molar-refractivity contribution in [2.45, 2.75) is 19.3 Å². The van der Waals surface area contributed by atoms with Gasteiger partial charge in [-0.1, -0.05) is 12.1 Å². The third-order valence-electron chi connectivity index (χ3n) is 3.52. The molecule has 1 N–H and O–H groups in total. The van der Waals surface area contributed by atoms with E-state index in [0.717, 1.165) is 30.5 Å². The number of rotatable bonds is 4. The maximum absolute atomic E-state index is 13.4. The molecule has 3 rings (SSSR count). The second-order valence-electron chi connectivity index (χ2n) is 5.02. The van der Waals surface area contributed by atoms with Crippen LogP contribution in [0.1, 0.15) is 17.7 Å². The van der Waals surface area contributed by atoms with Crippen LogP contribution >= 0.6 is 0 Å². The van der Waals surface area contributed by atoms with Crippen molar-refractivity contribution in [1.29, 1.82) is 0 Å². The lowest BCUT2D eigenvalue weighted by Crippen LogP contribution is -2.22. The molecule has 1 amide bonds. The molecule has 0 radical (unpaired) electrons. The standard InChI is InChI=1S/C15H16FN3O2/c1-19-15(10-5-4-7-12(10)18-19)17-14(20)9-21-13-8-3-2-6-11(13)16/h2-3,6,8H,4-5,7,9H2,1H3,(H,17,20). The average Bonchev–Trinajstić information content (AvgIpc) is 3.01. The van der Waals surface area contributed by atoms with Gasteiger partial charge in [0.15, 0.2) is 18.2 Å². The highest BCUT2D eigenvalue weighted by molar-refractivity contribution is 5.92. The summed E-state index contributed by atoms with van der Waals surface area (Å²) in [5, 5.41) is 7.17. The Labute approximate surface area is 121 Å². The molecule has 6 heteroatoms. The van der Waals surface area contributed by atoms with Crippen molar-refractivity contribution in [3.05, 3.63) is 41.3 Å². The SMILES string of the molecule is Cn1nc2c(c1NC(=O)COc1ccccc1F)CCC2. The molecule has 0 aliphatic heterocycles. The predicted octanol–water partition coefficient (Wildman–Crippen LogP) is 2.07. The van der Waals surface area contributed by atoms with E-state index in [-0.39, 0.29) is 18.3 Å². The van der Waals surface area contributed by atoms with Gasteiger partial charge in [-0.15, -0.1) is 0 Å². The number of amides is 1. The lowest BCUT2D eigenvalue weighted by molar-refractivity contribution is -0.118. The van der Waals surface area contributed by atoms with Crippen LogP contribution in [0.25, 0.3) is 0 Å². The van der Waals surface area contributed by atoms with Crippen molar-refractivity contribution in [3.63, 3.8) is 0 Å². The fourth-order valence-electron chi connectivity index (χ4n) is 2.55. The highest BCUT2D eigenvalue weighted by Crippen LogP contribution is 2.27. The van der Waals surface area contributed by atoms with Gasteiger partial charge in [-0.25, -0.2) is 4.39 Å². The number of benzene rings is 1. The van der Waals surface area contributed by atoms with Gasteiger partial charge in [0.05, 0.1) is 5.69 Å². The van der Waals surface area contributed by atoms with E-state index in [2.05, 4.69) is 10.4 Å². The summed E-state index contributed by atoms with van der Waals surface area (Å²) in [6.45, 7) is -0.235. The lowest BCUT2D eigenvalue weighted by atomic mass is 10.2. The number of hydrogen-bond acceptors (Lipinski definition) is 3. The summed E-state index contributed by atoms with van der Waals surface area (Å²) in [5.41, 5.74) is 2.14. The first-order chi connectivity index (χ1) is 10.1. The molecule has 110 valence electrons. The smallest absolute Gasteiger partial charge is 0.263 e. The molecule has 1 aliphatic carbocycles. The Kier molecular flexibility index (Phi) is 3.60. The molecule has 0 fully saturated rings. The minimum absolute atomic E-state index is 0.0721. The van der Waals surface area contributed by atoms with Crippen LogP contribution in [0.2, 0.25) is 0 Å². The van der Waals surface area contributed by atoms with Gasteiger partial charge in [-0.05, 0) is 31.4 Å². The molecule has 0 unspecified atom stereocenters. The zero-order valence-electron chi connectivity index (χ0n) is 11.7. The van der Waals surface area contributed by atoms with E-state index in [1.807, 2.05) is 0 Å². The molecular weight excluding hydrogens is 273 g/mol. The quantitative estimate of drug-likeness (QED) is 0.937. The normalized spacial score (nSPS) is 13.0. The fourth-order valence-corrected chi connectivity index (χ4v) is 2.55. The Hall–Kier alpha value is -2.37. The molecule has 1 aliphatic rings. The van der Waals surface area contributed by atoms with Gasteiger partial charge in [0.25, 0.3) is 5.91 Å². The fraction of sp³-hybridized carbons (Fsp3) is 0.333. The van der Waals surface area contributed by atoms with Gasteiger partial charge in [-0.3, -0.25) is 9.48 Å². The Bertz CT molecular complexity index is 682. The van der Waals surface area contributed by atoms with Crippen molar-refractivity contribution in [2.75, 3.05) is 11.9 Å². The van der Waals surface area contributed by atoms with E-state index < -0.39 is 5.82 Å². The molecule has 1 aromatic carbocycles. The van der Waals surface area contributed by atoms with Gasteiger partial charge in [-0.2, -0.15) is 5.10 Å². The Morgan fingerprint density at radius 1 is 1.43 bits per heavy atom. The summed E-state index contributed by atoms with van der Waals surface area (Å²) in [5.74, 6) is -0.0183. The number of fused-ring (bicyclic) bond motifs is 1. The molecule has 1 aromatic heterocycles. The van der Waals surface area contributed by atoms with Crippen molar-refractivity contribution in [3.8, 4) is 5.75 Å². The van der Waals surface area contributed by atoms with Gasteiger partial charge < -0.3 is 10.1 Å². The van der Waals surface area contributed by atoms with Crippen molar-refractivity contribution in [1.82, 2.24) is 9.78 Å². The number of ether oxygens (including phenoxy) is 1. The molecule has 2 aromatic rings. The number of aryl methyl sites for hydroxylation is 2. The first-order valence-corrected chi connectivity index (χ1v) is 6.87. The zero-order chi connectivity index (χ0) is 14.8. The van der Waals surface area contributed by atoms with Gasteiger partial charge >= 0.3 is 0 Å². The summed E-state index contributed by atoms with van der Waals surface area (Å²) < 4.78 is 20.3. The van der Waals surface area contributed by atoms with Crippen LogP contribution in [0.5, 0.6) is 5.75 Å². The van der Waals surface area contributed by atoms with Crippen molar-refractivity contribution >= 4 is 11.7 Å². The number of nitrogens with one attached hydrogen (secondary N) is 1. The van der Waals surface area contributed by atoms with Crippen molar-refractivity contribution < 1.29 is 13.9 Å². The number of aromatic nitrogens is 2. The maximum Gasteiger partial charge on any atom is 0.263 e. The monoisotopic (exact) mass is 289 g/mol. The number of para-hydroxylation sites is 1. The second-order valence-corrected chi connectivity index (χ2v) is 5.02. The third-order valence-corrected chi connectivity index (χ3v) is 3.52. The van der Waals surface area contributed by atoms with E-state index >= 15 is 0 Å². The van der Waals surface area contributed by atoms with E-state index in [1.54, 1.807) is 23.9 Å². The van der Waals surface area contributed by atoms with E-state index in [1.165, 1.54) is 12.1 Å². The molecular formula is C15H16FN3O2. The third kappa shape index (κ3) is 2.74. The molecule has 0 atom stereocenters. The van der Waals surface area contributed by atoms with E-state index in [9.17, 15) is 9.18 Å². The molecule has 0 spiro atoms. The summed E-state index contributed by atoms with van der Waals surface area (Å²) in [7, 11) is 1.80. The largest absolute Gasteiger partial charge is 0.481 e. The highest BCUT2D eigenvalue weighted by atomic mass is 19.1. The van der Waals surface area contributed by atoms with Crippen LogP contribution in [-0.2, 0) is 24.7 Å². The molecule has 0 saturated heterocycles. The van der Waals surface area contributed by atoms with Crippen LogP contribution in [0.15, 0.2) is 24.3 Å². The zero-order valence-corrected chi connectivity index (χ0v) is 11.7. The number of carbonyl (C=O) groups excluding carboxylic acids is 1. The lowest BCUT2D eigenvalue weighted by Gasteiger charge is -2.09. The van der Waals surface area contributed by atoms with Crippen LogP contribution in [0.4, 0.5) is 10.2 Å². The minimum Gasteiger partial charge on any atom is -0.481 e. The van der Waals surface area contributed by atoms with Crippen LogP contribution in [0.3, 0.4) is 0 Å².